The number of ether oxygens (including phenoxy) is 1. The van der Waals surface area contributed by atoms with Crippen LogP contribution in [0.4, 0.5) is 29.1 Å². The topological polar surface area (TPSA) is 120 Å². The highest BCUT2D eigenvalue weighted by molar-refractivity contribution is 7.20. The maximum Gasteiger partial charge on any atom is 0.412 e. The van der Waals surface area contributed by atoms with E-state index in [2.05, 4.69) is 15.6 Å². The van der Waals surface area contributed by atoms with Crippen molar-refractivity contribution >= 4 is 40.1 Å². The number of rotatable bonds is 10. The summed E-state index contributed by atoms with van der Waals surface area (Å²) in [6.07, 6.45) is -1.50. The van der Waals surface area contributed by atoms with Gasteiger partial charge in [-0.05, 0) is 50.8 Å². The van der Waals surface area contributed by atoms with Crippen molar-refractivity contribution in [2.45, 2.75) is 20.0 Å². The quantitative estimate of drug-likeness (QED) is 0.227. The molecule has 3 N–H and O–H groups in total. The highest BCUT2D eigenvalue weighted by atomic mass is 32.1. The van der Waals surface area contributed by atoms with Gasteiger partial charge in [-0.1, -0.05) is 18.2 Å². The summed E-state index contributed by atoms with van der Waals surface area (Å²) < 4.78 is 34.2. The van der Waals surface area contributed by atoms with Gasteiger partial charge in [0, 0.05) is 28.2 Å². The number of esters is 1. The first-order valence-corrected chi connectivity index (χ1v) is 12.5. The summed E-state index contributed by atoms with van der Waals surface area (Å²) in [4.78, 5) is 45.0. The smallest absolute Gasteiger partial charge is 0.412 e. The third-order valence-electron chi connectivity index (χ3n) is 5.40. The van der Waals surface area contributed by atoms with Crippen molar-refractivity contribution in [2.75, 3.05) is 38.0 Å². The molecule has 208 valence electrons. The van der Waals surface area contributed by atoms with Gasteiger partial charge in [-0.25, -0.2) is 28.6 Å². The van der Waals surface area contributed by atoms with E-state index in [1.165, 1.54) is 13.2 Å². The molecule has 39 heavy (non-hydrogen) atoms. The molecule has 13 heteroatoms. The minimum absolute atomic E-state index is 0.00799. The number of nitrogens with zero attached hydrogens (tertiary/aromatic N) is 2. The molecule has 2 aromatic carbocycles. The number of thiophene rings is 1. The molecule has 10 nitrogen and oxygen atoms in total. The standard InChI is InChI=1S/C26H28F2N4O6S/c1-5-38-24(33)21-18(13-31(2)3)22(15-9-11-16(12-10-15)29-25(34)30-37-4)39-23(21)32(26(35)36)14-17-19(27)7-6-8-20(17)28/h6-12H,5,13-14H2,1-4H3,(H,35,36)(H2,29,30,34). The molecule has 0 fully saturated rings. The molecule has 0 aliphatic carbocycles. The molecule has 0 aliphatic rings. The van der Waals surface area contributed by atoms with E-state index in [-0.39, 0.29) is 23.7 Å². The van der Waals surface area contributed by atoms with Crippen molar-refractivity contribution < 1.29 is 37.8 Å². The molecule has 0 saturated carbocycles. The summed E-state index contributed by atoms with van der Waals surface area (Å²) in [5.41, 5.74) is 3.23. The number of halogens is 2. The first-order chi connectivity index (χ1) is 18.6. The molecule has 0 atom stereocenters. The Balaban J connectivity index is 2.18. The average molecular weight is 563 g/mol. The molecule has 3 amide bonds. The van der Waals surface area contributed by atoms with Crippen LogP contribution < -0.4 is 15.7 Å². The van der Waals surface area contributed by atoms with Crippen LogP contribution in [0.25, 0.3) is 10.4 Å². The molecular weight excluding hydrogens is 534 g/mol. The summed E-state index contributed by atoms with van der Waals surface area (Å²) in [6, 6.07) is 9.28. The first kappa shape index (κ1) is 29.5. The van der Waals surface area contributed by atoms with Crippen LogP contribution in [0.5, 0.6) is 0 Å². The number of carbonyl (C=O) groups is 3. The van der Waals surface area contributed by atoms with E-state index in [1.54, 1.807) is 50.2 Å². The molecule has 0 aliphatic heterocycles. The van der Waals surface area contributed by atoms with E-state index in [0.29, 0.717) is 21.7 Å². The molecule has 3 aromatic rings. The molecule has 3 rings (SSSR count). The lowest BCUT2D eigenvalue weighted by molar-refractivity contribution is 0.0526. The number of hydroxylamine groups is 1. The highest BCUT2D eigenvalue weighted by Crippen LogP contribution is 2.44. The number of amides is 3. The summed E-state index contributed by atoms with van der Waals surface area (Å²) in [5.74, 6) is -2.59. The number of hydrogen-bond donors (Lipinski definition) is 3. The summed E-state index contributed by atoms with van der Waals surface area (Å²) >= 11 is 0.984. The lowest BCUT2D eigenvalue weighted by Crippen LogP contribution is -2.30. The fourth-order valence-electron chi connectivity index (χ4n) is 3.78. The van der Waals surface area contributed by atoms with Crippen LogP contribution in [-0.2, 0) is 22.7 Å². The zero-order valence-corrected chi connectivity index (χ0v) is 22.5. The van der Waals surface area contributed by atoms with E-state index in [9.17, 15) is 28.3 Å². The largest absolute Gasteiger partial charge is 0.465 e. The van der Waals surface area contributed by atoms with Gasteiger partial charge in [0.25, 0.3) is 0 Å². The predicted octanol–water partition coefficient (Wildman–Crippen LogP) is 5.30. The lowest BCUT2D eigenvalue weighted by atomic mass is 10.0. The van der Waals surface area contributed by atoms with E-state index < -0.39 is 41.8 Å². The average Bonchev–Trinajstić information content (AvgIpc) is 3.22. The van der Waals surface area contributed by atoms with Gasteiger partial charge >= 0.3 is 18.1 Å². The van der Waals surface area contributed by atoms with Crippen LogP contribution in [0.1, 0.15) is 28.4 Å². The fraction of sp³-hybridized carbons (Fsp3) is 0.269. The van der Waals surface area contributed by atoms with Crippen LogP contribution in [0, 0.1) is 11.6 Å². The molecular formula is C26H28F2N4O6S. The lowest BCUT2D eigenvalue weighted by Gasteiger charge is -2.20. The molecule has 1 heterocycles. The number of benzene rings is 2. The molecule has 0 radical (unpaired) electrons. The Hall–Kier alpha value is -4.07. The van der Waals surface area contributed by atoms with Crippen LogP contribution in [0.3, 0.4) is 0 Å². The number of carbonyl (C=O) groups excluding carboxylic acids is 2. The van der Waals surface area contributed by atoms with E-state index in [4.69, 9.17) is 4.74 Å². The van der Waals surface area contributed by atoms with Crippen LogP contribution >= 0.6 is 11.3 Å². The van der Waals surface area contributed by atoms with Crippen LogP contribution in [0.2, 0.25) is 0 Å². The maximum absolute atomic E-state index is 14.5. The SMILES string of the molecule is CCOC(=O)c1c(N(Cc2c(F)cccc2F)C(=O)O)sc(-c2ccc(NC(=O)NOC)cc2)c1CN(C)C. The fourth-order valence-corrected chi connectivity index (χ4v) is 5.08. The minimum atomic E-state index is -1.50. The Bertz CT molecular complexity index is 1330. The summed E-state index contributed by atoms with van der Waals surface area (Å²) in [6.45, 7) is 1.21. The number of hydrogen-bond acceptors (Lipinski definition) is 7. The minimum Gasteiger partial charge on any atom is -0.465 e. The Morgan fingerprint density at radius 1 is 1.00 bits per heavy atom. The van der Waals surface area contributed by atoms with Crippen LogP contribution in [-0.4, -0.2) is 55.9 Å². The Labute approximate surface area is 227 Å². The Kier molecular flexibility index (Phi) is 9.93. The van der Waals surface area contributed by atoms with E-state index >= 15 is 0 Å². The van der Waals surface area contributed by atoms with Gasteiger partial charge < -0.3 is 20.1 Å². The normalized spacial score (nSPS) is 10.8. The second-order valence-corrected chi connectivity index (χ2v) is 9.45. The number of carboxylic acid groups (broad SMARTS) is 1. The van der Waals surface area contributed by atoms with E-state index in [1.807, 2.05) is 0 Å². The second kappa shape index (κ2) is 13.1. The van der Waals surface area contributed by atoms with Crippen molar-refractivity contribution in [3.05, 3.63) is 70.8 Å². The van der Waals surface area contributed by atoms with Crippen LogP contribution in [0.15, 0.2) is 42.5 Å². The molecule has 0 spiro atoms. The Morgan fingerprint density at radius 2 is 1.64 bits per heavy atom. The van der Waals surface area contributed by atoms with Crippen molar-refractivity contribution in [3.63, 3.8) is 0 Å². The maximum atomic E-state index is 14.5. The van der Waals surface area contributed by atoms with Gasteiger partial charge in [-0.2, -0.15) is 0 Å². The van der Waals surface area contributed by atoms with Gasteiger partial charge in [0.1, 0.15) is 16.6 Å². The summed E-state index contributed by atoms with van der Waals surface area (Å²) in [5, 5.41) is 12.6. The van der Waals surface area contributed by atoms with Gasteiger partial charge in [0.15, 0.2) is 0 Å². The van der Waals surface area contributed by atoms with Crippen molar-refractivity contribution in [3.8, 4) is 10.4 Å². The first-order valence-electron chi connectivity index (χ1n) is 11.7. The van der Waals surface area contributed by atoms with Gasteiger partial charge in [0.05, 0.1) is 25.8 Å². The van der Waals surface area contributed by atoms with Crippen molar-refractivity contribution in [1.82, 2.24) is 10.4 Å². The van der Waals surface area contributed by atoms with E-state index in [0.717, 1.165) is 28.4 Å². The Morgan fingerprint density at radius 3 is 2.18 bits per heavy atom. The molecule has 0 saturated heterocycles. The van der Waals surface area contributed by atoms with Gasteiger partial charge in [-0.15, -0.1) is 11.3 Å². The monoisotopic (exact) mass is 562 g/mol. The number of urea groups is 1. The zero-order valence-electron chi connectivity index (χ0n) is 21.7. The van der Waals surface area contributed by atoms with Crippen molar-refractivity contribution in [2.24, 2.45) is 0 Å². The molecule has 1 aromatic heterocycles. The highest BCUT2D eigenvalue weighted by Gasteiger charge is 2.32. The van der Waals surface area contributed by atoms with Gasteiger partial charge in [-0.3, -0.25) is 9.74 Å². The third-order valence-corrected chi connectivity index (χ3v) is 6.70. The number of anilines is 2. The predicted molar refractivity (Wildman–Crippen MR) is 143 cm³/mol. The zero-order chi connectivity index (χ0) is 28.7. The van der Waals surface area contributed by atoms with Gasteiger partial charge in [0.2, 0.25) is 0 Å². The molecule has 0 unspecified atom stereocenters. The number of nitrogens with one attached hydrogen (secondary N) is 2. The third kappa shape index (κ3) is 7.07. The second-order valence-electron chi connectivity index (χ2n) is 8.45. The van der Waals surface area contributed by atoms with Crippen molar-refractivity contribution in [1.29, 1.82) is 0 Å². The molecule has 0 bridgehead atoms. The summed E-state index contributed by atoms with van der Waals surface area (Å²) in [7, 11) is 4.85.